The quantitative estimate of drug-likeness (QED) is 0.437. The van der Waals surface area contributed by atoms with Crippen molar-refractivity contribution in [3.63, 3.8) is 0 Å². The molecule has 31 heavy (non-hydrogen) atoms. The summed E-state index contributed by atoms with van der Waals surface area (Å²) in [5.74, 6) is 0.0784. The van der Waals surface area contributed by atoms with E-state index in [1.165, 1.54) is 24.3 Å². The highest BCUT2D eigenvalue weighted by molar-refractivity contribution is 7.87. The molecule has 0 amide bonds. The summed E-state index contributed by atoms with van der Waals surface area (Å²) in [4.78, 5) is 0.234. The Hall–Kier alpha value is -2.00. The molecular weight excluding hydrogens is 436 g/mol. The highest BCUT2D eigenvalue weighted by atomic mass is 32.2. The normalized spacial score (nSPS) is 25.2. The van der Waals surface area contributed by atoms with Crippen molar-refractivity contribution in [2.45, 2.75) is 30.1 Å². The van der Waals surface area contributed by atoms with Crippen LogP contribution in [0.4, 0.5) is 0 Å². The van der Waals surface area contributed by atoms with Crippen LogP contribution >= 0.6 is 0 Å². The molecule has 0 aromatic heterocycles. The molecule has 1 fully saturated rings. The zero-order valence-corrected chi connectivity index (χ0v) is 19.1. The summed E-state index contributed by atoms with van der Waals surface area (Å²) < 4.78 is 61.1. The summed E-state index contributed by atoms with van der Waals surface area (Å²) in [6, 6.07) is 13.0. The summed E-state index contributed by atoms with van der Waals surface area (Å²) in [6.45, 7) is 3.77. The number of hydrogen-bond acceptors (Lipinski definition) is 6. The Morgan fingerprint density at radius 3 is 1.39 bits per heavy atom. The second-order valence-electron chi connectivity index (χ2n) is 8.38. The van der Waals surface area contributed by atoms with Crippen LogP contribution in [0.1, 0.15) is 17.5 Å². The van der Waals surface area contributed by atoms with E-state index < -0.39 is 20.2 Å². The fraction of sp³-hybridized carbons (Fsp3) is 0.391. The molecule has 0 aliphatic heterocycles. The summed E-state index contributed by atoms with van der Waals surface area (Å²) in [5.41, 5.74) is 1.92. The van der Waals surface area contributed by atoms with Gasteiger partial charge < -0.3 is 0 Å². The minimum Gasteiger partial charge on any atom is -0.266 e. The lowest BCUT2D eigenvalue weighted by Crippen LogP contribution is -2.30. The maximum absolute atomic E-state index is 12.6. The summed E-state index contributed by atoms with van der Waals surface area (Å²) in [5, 5.41) is 0. The molecule has 2 aromatic carbocycles. The van der Waals surface area contributed by atoms with Gasteiger partial charge in [0.05, 0.1) is 23.0 Å². The Morgan fingerprint density at radius 2 is 1.03 bits per heavy atom. The average Bonchev–Trinajstić information content (AvgIpc) is 3.33. The second kappa shape index (κ2) is 8.50. The average molecular weight is 463 g/mol. The van der Waals surface area contributed by atoms with Crippen LogP contribution in [0, 0.1) is 37.5 Å². The third-order valence-corrected chi connectivity index (χ3v) is 8.84. The van der Waals surface area contributed by atoms with E-state index in [4.69, 9.17) is 8.37 Å². The molecule has 0 heterocycles. The molecule has 1 saturated carbocycles. The van der Waals surface area contributed by atoms with Crippen LogP contribution in [-0.2, 0) is 28.6 Å². The second-order valence-corrected chi connectivity index (χ2v) is 11.6. The first-order chi connectivity index (χ1) is 14.7. The molecule has 2 bridgehead atoms. The van der Waals surface area contributed by atoms with Crippen molar-refractivity contribution < 1.29 is 25.2 Å². The zero-order chi connectivity index (χ0) is 22.2. The molecule has 4 rings (SSSR count). The van der Waals surface area contributed by atoms with E-state index in [2.05, 4.69) is 12.2 Å². The maximum Gasteiger partial charge on any atom is 0.296 e. The molecule has 2 unspecified atom stereocenters. The van der Waals surface area contributed by atoms with Crippen LogP contribution < -0.4 is 0 Å². The van der Waals surface area contributed by atoms with Gasteiger partial charge in [-0.25, -0.2) is 0 Å². The van der Waals surface area contributed by atoms with Gasteiger partial charge in [0.1, 0.15) is 0 Å². The SMILES string of the molecule is Cc1ccc(S(=O)(=O)OC[C@@H]2C3C=CC(C3)[C@@H]2COS(=O)(=O)c2ccc(C)cc2)cc1. The number of hydrogen-bond donors (Lipinski definition) is 0. The van der Waals surface area contributed by atoms with Crippen molar-refractivity contribution in [3.05, 3.63) is 71.8 Å². The van der Waals surface area contributed by atoms with Crippen LogP contribution in [0.2, 0.25) is 0 Å². The molecule has 0 saturated heterocycles. The molecule has 0 spiro atoms. The lowest BCUT2D eigenvalue weighted by molar-refractivity contribution is 0.138. The van der Waals surface area contributed by atoms with Crippen LogP contribution in [-0.4, -0.2) is 30.0 Å². The van der Waals surface area contributed by atoms with Crippen LogP contribution in [0.25, 0.3) is 0 Å². The summed E-state index contributed by atoms with van der Waals surface area (Å²) >= 11 is 0. The molecule has 166 valence electrons. The van der Waals surface area contributed by atoms with Crippen molar-refractivity contribution in [2.24, 2.45) is 23.7 Å². The molecule has 0 radical (unpaired) electrons. The monoisotopic (exact) mass is 462 g/mol. The van der Waals surface area contributed by atoms with E-state index in [1.54, 1.807) is 24.3 Å². The number of aryl methyl sites for hydroxylation is 2. The van der Waals surface area contributed by atoms with E-state index >= 15 is 0 Å². The van der Waals surface area contributed by atoms with Crippen LogP contribution in [0.15, 0.2) is 70.5 Å². The fourth-order valence-corrected chi connectivity index (χ4v) is 6.29. The highest BCUT2D eigenvalue weighted by Gasteiger charge is 2.45. The van der Waals surface area contributed by atoms with Gasteiger partial charge in [0.15, 0.2) is 0 Å². The van der Waals surface area contributed by atoms with E-state index in [9.17, 15) is 16.8 Å². The van der Waals surface area contributed by atoms with Gasteiger partial charge in [0, 0.05) is 0 Å². The van der Waals surface area contributed by atoms with Gasteiger partial charge in [0.2, 0.25) is 0 Å². The molecule has 8 heteroatoms. The third-order valence-electron chi connectivity index (χ3n) is 6.25. The van der Waals surface area contributed by atoms with Gasteiger partial charge >= 0.3 is 0 Å². The smallest absolute Gasteiger partial charge is 0.266 e. The first kappa shape index (κ1) is 22.2. The first-order valence-electron chi connectivity index (χ1n) is 10.3. The maximum atomic E-state index is 12.6. The van der Waals surface area contributed by atoms with Crippen molar-refractivity contribution in [2.75, 3.05) is 13.2 Å². The molecule has 2 aromatic rings. The van der Waals surface area contributed by atoms with Crippen molar-refractivity contribution >= 4 is 20.2 Å². The molecule has 2 aliphatic carbocycles. The lowest BCUT2D eigenvalue weighted by Gasteiger charge is -2.27. The highest BCUT2D eigenvalue weighted by Crippen LogP contribution is 2.48. The van der Waals surface area contributed by atoms with Gasteiger partial charge in [-0.05, 0) is 68.2 Å². The number of fused-ring (bicyclic) bond motifs is 2. The molecule has 4 atom stereocenters. The van der Waals surface area contributed by atoms with E-state index in [0.29, 0.717) is 0 Å². The van der Waals surface area contributed by atoms with E-state index in [-0.39, 0.29) is 46.7 Å². The van der Waals surface area contributed by atoms with Crippen molar-refractivity contribution in [1.29, 1.82) is 0 Å². The van der Waals surface area contributed by atoms with Crippen LogP contribution in [0.5, 0.6) is 0 Å². The zero-order valence-electron chi connectivity index (χ0n) is 17.5. The van der Waals surface area contributed by atoms with E-state index in [0.717, 1.165) is 17.5 Å². The van der Waals surface area contributed by atoms with Gasteiger partial charge in [-0.2, -0.15) is 16.8 Å². The lowest BCUT2D eigenvalue weighted by atomic mass is 9.84. The number of rotatable bonds is 8. The summed E-state index contributed by atoms with van der Waals surface area (Å²) in [7, 11) is -7.76. The van der Waals surface area contributed by atoms with Crippen molar-refractivity contribution in [1.82, 2.24) is 0 Å². The van der Waals surface area contributed by atoms with Gasteiger partial charge in [-0.1, -0.05) is 47.5 Å². The predicted octanol–water partition coefficient (Wildman–Crippen LogP) is 3.85. The van der Waals surface area contributed by atoms with Gasteiger partial charge in [-0.15, -0.1) is 0 Å². The summed E-state index contributed by atoms with van der Waals surface area (Å²) in [6.07, 6.45) is 5.00. The Bertz CT molecular complexity index is 1070. The van der Waals surface area contributed by atoms with Gasteiger partial charge in [0.25, 0.3) is 20.2 Å². The Labute approximate surface area is 184 Å². The predicted molar refractivity (Wildman–Crippen MR) is 116 cm³/mol. The minimum absolute atomic E-state index is 0.000320. The minimum atomic E-state index is -3.88. The standard InChI is InChI=1S/C23H26O6S2/c1-16-3-9-20(10-4-16)30(24,25)28-14-22-18-7-8-19(13-18)23(22)15-29-31(26,27)21-11-5-17(2)6-12-21/h3-12,18-19,22-23H,13-15H2,1-2H3/t18?,19?,22-,23+. The van der Waals surface area contributed by atoms with Crippen molar-refractivity contribution in [3.8, 4) is 0 Å². The fourth-order valence-electron chi connectivity index (χ4n) is 4.40. The molecular formula is C23H26O6S2. The van der Waals surface area contributed by atoms with Crippen LogP contribution in [0.3, 0.4) is 0 Å². The molecule has 6 nitrogen and oxygen atoms in total. The molecule has 0 N–H and O–H groups in total. The Balaban J connectivity index is 1.43. The topological polar surface area (TPSA) is 86.7 Å². The van der Waals surface area contributed by atoms with E-state index in [1.807, 2.05) is 13.8 Å². The third kappa shape index (κ3) is 4.77. The Kier molecular flexibility index (Phi) is 6.09. The Morgan fingerprint density at radius 1 is 0.677 bits per heavy atom. The first-order valence-corrected chi connectivity index (χ1v) is 13.1. The largest absolute Gasteiger partial charge is 0.296 e. The molecule has 2 aliphatic rings. The van der Waals surface area contributed by atoms with Gasteiger partial charge in [-0.3, -0.25) is 8.37 Å². The number of benzene rings is 2. The number of allylic oxidation sites excluding steroid dienone is 2.